The van der Waals surface area contributed by atoms with Gasteiger partial charge in [-0.1, -0.05) is 20.3 Å². The van der Waals surface area contributed by atoms with Crippen molar-refractivity contribution in [1.82, 2.24) is 4.90 Å². The minimum Gasteiger partial charge on any atom is -0.329 e. The van der Waals surface area contributed by atoms with Crippen LogP contribution in [0, 0.1) is 5.92 Å². The Bertz CT molecular complexity index is 316. The number of nitrogens with zero attached hydrogens (tertiary/aromatic N) is 1. The molecular weight excluding hydrogens is 236 g/mol. The highest BCUT2D eigenvalue weighted by Crippen LogP contribution is 2.24. The standard InChI is InChI=1S/C12H26N2O2S/c1-3-11-5-6-14(12(9-11)10-13)7-8-17(15,16)4-2/h11-12H,3-10,13H2,1-2H3. The van der Waals surface area contributed by atoms with Gasteiger partial charge in [-0.2, -0.15) is 0 Å². The van der Waals surface area contributed by atoms with E-state index in [4.69, 9.17) is 5.73 Å². The zero-order valence-electron chi connectivity index (χ0n) is 11.1. The number of likely N-dealkylation sites (tertiary alicyclic amines) is 1. The number of piperidine rings is 1. The molecule has 1 fully saturated rings. The predicted molar refractivity (Wildman–Crippen MR) is 71.8 cm³/mol. The Kier molecular flexibility index (Phi) is 5.89. The van der Waals surface area contributed by atoms with Crippen LogP contribution in [-0.2, 0) is 9.84 Å². The second kappa shape index (κ2) is 6.71. The molecule has 0 bridgehead atoms. The van der Waals surface area contributed by atoms with Gasteiger partial charge in [0.05, 0.1) is 5.75 Å². The first kappa shape index (κ1) is 14.9. The summed E-state index contributed by atoms with van der Waals surface area (Å²) in [6, 6.07) is 0.376. The average Bonchev–Trinajstić information content (AvgIpc) is 2.36. The molecule has 1 aliphatic heterocycles. The van der Waals surface area contributed by atoms with Gasteiger partial charge in [0, 0.05) is 24.9 Å². The van der Waals surface area contributed by atoms with Crippen LogP contribution in [0.1, 0.15) is 33.1 Å². The number of hydrogen-bond acceptors (Lipinski definition) is 4. The van der Waals surface area contributed by atoms with Crippen molar-refractivity contribution in [2.45, 2.75) is 39.2 Å². The average molecular weight is 262 g/mol. The second-order valence-electron chi connectivity index (χ2n) is 4.96. The monoisotopic (exact) mass is 262 g/mol. The van der Waals surface area contributed by atoms with Gasteiger partial charge < -0.3 is 5.73 Å². The molecule has 0 aromatic heterocycles. The molecule has 2 atom stereocenters. The third-order valence-corrected chi connectivity index (χ3v) is 5.61. The van der Waals surface area contributed by atoms with Crippen LogP contribution in [0.2, 0.25) is 0 Å². The maximum absolute atomic E-state index is 11.5. The van der Waals surface area contributed by atoms with Crippen molar-refractivity contribution in [2.24, 2.45) is 11.7 Å². The lowest BCUT2D eigenvalue weighted by Crippen LogP contribution is -2.48. The van der Waals surface area contributed by atoms with E-state index in [1.54, 1.807) is 6.92 Å². The summed E-state index contributed by atoms with van der Waals surface area (Å²) < 4.78 is 23.0. The van der Waals surface area contributed by atoms with Gasteiger partial charge >= 0.3 is 0 Å². The van der Waals surface area contributed by atoms with E-state index in [-0.39, 0.29) is 11.5 Å². The van der Waals surface area contributed by atoms with E-state index in [2.05, 4.69) is 11.8 Å². The van der Waals surface area contributed by atoms with Gasteiger partial charge in [-0.3, -0.25) is 4.90 Å². The van der Waals surface area contributed by atoms with Crippen molar-refractivity contribution >= 4 is 9.84 Å². The molecule has 17 heavy (non-hydrogen) atoms. The van der Waals surface area contributed by atoms with Crippen LogP contribution in [0.3, 0.4) is 0 Å². The Labute approximate surface area is 105 Å². The SMILES string of the molecule is CCC1CCN(CCS(=O)(=O)CC)C(CN)C1. The smallest absolute Gasteiger partial charge is 0.151 e. The minimum atomic E-state index is -2.85. The molecule has 0 saturated carbocycles. The van der Waals surface area contributed by atoms with E-state index in [9.17, 15) is 8.42 Å². The fourth-order valence-electron chi connectivity index (χ4n) is 2.49. The van der Waals surface area contributed by atoms with E-state index in [1.807, 2.05) is 0 Å². The summed E-state index contributed by atoms with van der Waals surface area (Å²) in [5, 5.41) is 0. The van der Waals surface area contributed by atoms with Gasteiger partial charge in [-0.05, 0) is 25.3 Å². The van der Waals surface area contributed by atoms with E-state index in [0.29, 0.717) is 19.1 Å². The molecule has 1 aliphatic rings. The highest BCUT2D eigenvalue weighted by Gasteiger charge is 2.27. The van der Waals surface area contributed by atoms with Crippen LogP contribution in [0.15, 0.2) is 0 Å². The summed E-state index contributed by atoms with van der Waals surface area (Å²) in [6.07, 6.45) is 3.51. The maximum atomic E-state index is 11.5. The van der Waals surface area contributed by atoms with Gasteiger partial charge in [0.25, 0.3) is 0 Å². The van der Waals surface area contributed by atoms with Crippen LogP contribution < -0.4 is 5.73 Å². The number of rotatable bonds is 6. The van der Waals surface area contributed by atoms with Crippen molar-refractivity contribution < 1.29 is 8.42 Å². The summed E-state index contributed by atoms with van der Waals surface area (Å²) in [7, 11) is -2.85. The first-order valence-corrected chi connectivity index (χ1v) is 8.49. The van der Waals surface area contributed by atoms with E-state index in [0.717, 1.165) is 18.9 Å². The number of sulfone groups is 1. The minimum absolute atomic E-state index is 0.242. The fraction of sp³-hybridized carbons (Fsp3) is 1.00. The Morgan fingerprint density at radius 1 is 1.35 bits per heavy atom. The van der Waals surface area contributed by atoms with Crippen LogP contribution in [-0.4, -0.2) is 50.5 Å². The Morgan fingerprint density at radius 3 is 2.59 bits per heavy atom. The van der Waals surface area contributed by atoms with Crippen LogP contribution in [0.4, 0.5) is 0 Å². The molecule has 2 N–H and O–H groups in total. The molecule has 0 radical (unpaired) electrons. The lowest BCUT2D eigenvalue weighted by molar-refractivity contribution is 0.122. The van der Waals surface area contributed by atoms with Gasteiger partial charge in [0.1, 0.15) is 0 Å². The quantitative estimate of drug-likeness (QED) is 0.771. The largest absolute Gasteiger partial charge is 0.329 e. The Hall–Kier alpha value is -0.130. The summed E-state index contributed by atoms with van der Waals surface area (Å²) in [5.74, 6) is 1.28. The highest BCUT2D eigenvalue weighted by molar-refractivity contribution is 7.91. The van der Waals surface area contributed by atoms with Crippen molar-refractivity contribution in [2.75, 3.05) is 31.1 Å². The van der Waals surface area contributed by atoms with E-state index in [1.165, 1.54) is 12.8 Å². The van der Waals surface area contributed by atoms with Gasteiger partial charge in [-0.15, -0.1) is 0 Å². The fourth-order valence-corrected chi connectivity index (χ4v) is 3.30. The third-order valence-electron chi connectivity index (χ3n) is 3.93. The summed E-state index contributed by atoms with van der Waals surface area (Å²) in [6.45, 7) is 6.21. The molecule has 1 rings (SSSR count). The molecule has 0 amide bonds. The molecule has 102 valence electrons. The zero-order valence-corrected chi connectivity index (χ0v) is 11.9. The van der Waals surface area contributed by atoms with E-state index >= 15 is 0 Å². The molecule has 1 heterocycles. The second-order valence-corrected chi connectivity index (χ2v) is 7.43. The third kappa shape index (κ3) is 4.56. The topological polar surface area (TPSA) is 63.4 Å². The molecule has 4 nitrogen and oxygen atoms in total. The predicted octanol–water partition coefficient (Wildman–Crippen LogP) is 0.870. The summed E-state index contributed by atoms with van der Waals surface area (Å²) in [5.41, 5.74) is 5.79. The summed E-state index contributed by atoms with van der Waals surface area (Å²) >= 11 is 0. The van der Waals surface area contributed by atoms with Crippen molar-refractivity contribution in [3.05, 3.63) is 0 Å². The number of nitrogens with two attached hydrogens (primary N) is 1. The number of hydrogen-bond donors (Lipinski definition) is 1. The lowest BCUT2D eigenvalue weighted by Gasteiger charge is -2.38. The Balaban J connectivity index is 2.48. The van der Waals surface area contributed by atoms with Gasteiger partial charge in [0.2, 0.25) is 0 Å². The van der Waals surface area contributed by atoms with Crippen LogP contribution in [0.5, 0.6) is 0 Å². The Morgan fingerprint density at radius 2 is 2.06 bits per heavy atom. The van der Waals surface area contributed by atoms with Crippen molar-refractivity contribution in [3.8, 4) is 0 Å². The van der Waals surface area contributed by atoms with Crippen LogP contribution >= 0.6 is 0 Å². The zero-order chi connectivity index (χ0) is 12.9. The molecule has 0 aromatic carbocycles. The molecule has 0 spiro atoms. The van der Waals surface area contributed by atoms with Gasteiger partial charge in [0.15, 0.2) is 9.84 Å². The van der Waals surface area contributed by atoms with Crippen molar-refractivity contribution in [3.63, 3.8) is 0 Å². The molecule has 0 aromatic rings. The summed E-state index contributed by atoms with van der Waals surface area (Å²) in [4.78, 5) is 2.26. The van der Waals surface area contributed by atoms with Crippen LogP contribution in [0.25, 0.3) is 0 Å². The normalized spacial score (nSPS) is 27.2. The molecular formula is C12H26N2O2S. The lowest BCUT2D eigenvalue weighted by atomic mass is 9.89. The van der Waals surface area contributed by atoms with Gasteiger partial charge in [-0.25, -0.2) is 8.42 Å². The maximum Gasteiger partial charge on any atom is 0.151 e. The van der Waals surface area contributed by atoms with Crippen molar-refractivity contribution in [1.29, 1.82) is 0 Å². The first-order chi connectivity index (χ1) is 8.02. The highest BCUT2D eigenvalue weighted by atomic mass is 32.2. The first-order valence-electron chi connectivity index (χ1n) is 6.67. The molecule has 1 saturated heterocycles. The van der Waals surface area contributed by atoms with E-state index < -0.39 is 9.84 Å². The molecule has 0 aliphatic carbocycles. The molecule has 5 heteroatoms. The molecule has 2 unspecified atom stereocenters.